The van der Waals surface area contributed by atoms with Crippen LogP contribution in [-0.2, 0) is 4.79 Å². The van der Waals surface area contributed by atoms with Crippen molar-refractivity contribution >= 4 is 46.8 Å². The van der Waals surface area contributed by atoms with Gasteiger partial charge in [-0.3, -0.25) is 9.59 Å². The number of hydrogen-bond acceptors (Lipinski definition) is 4. The predicted molar refractivity (Wildman–Crippen MR) is 108 cm³/mol. The Morgan fingerprint density at radius 3 is 2.74 bits per heavy atom. The fourth-order valence-corrected chi connectivity index (χ4v) is 4.60. The molecule has 8 heteroatoms. The van der Waals surface area contributed by atoms with E-state index in [1.165, 1.54) is 6.26 Å². The first-order valence-corrected chi connectivity index (χ1v) is 10.3. The molecule has 1 aromatic heterocycles. The fourth-order valence-electron chi connectivity index (χ4n) is 2.99. The van der Waals surface area contributed by atoms with E-state index in [4.69, 9.17) is 27.6 Å². The van der Waals surface area contributed by atoms with E-state index >= 15 is 0 Å². The van der Waals surface area contributed by atoms with Gasteiger partial charge in [-0.1, -0.05) is 29.3 Å². The summed E-state index contributed by atoms with van der Waals surface area (Å²) in [4.78, 5) is 28.3. The zero-order valence-electron chi connectivity index (χ0n) is 15.0. The molecular weight excluding hydrogens is 407 g/mol. The zero-order valence-corrected chi connectivity index (χ0v) is 17.4. The summed E-state index contributed by atoms with van der Waals surface area (Å²) in [5, 5.41) is 0.748. The van der Waals surface area contributed by atoms with Crippen LogP contribution in [0.1, 0.15) is 34.8 Å². The van der Waals surface area contributed by atoms with Gasteiger partial charge in [0.1, 0.15) is 5.37 Å². The monoisotopic (exact) mass is 426 g/mol. The van der Waals surface area contributed by atoms with Crippen molar-refractivity contribution in [2.75, 3.05) is 20.1 Å². The second-order valence-electron chi connectivity index (χ2n) is 6.39. The predicted octanol–water partition coefficient (Wildman–Crippen LogP) is 4.71. The molecule has 1 aliphatic rings. The molecule has 0 saturated carbocycles. The minimum absolute atomic E-state index is 0.0936. The summed E-state index contributed by atoms with van der Waals surface area (Å²) in [7, 11) is 1.73. The molecular formula is C19H20Cl2N2O3S. The molecule has 2 unspecified atom stereocenters. The van der Waals surface area contributed by atoms with Crippen molar-refractivity contribution in [3.63, 3.8) is 0 Å². The Morgan fingerprint density at radius 2 is 2.07 bits per heavy atom. The third-order valence-corrected chi connectivity index (χ3v) is 6.58. The van der Waals surface area contributed by atoms with Gasteiger partial charge >= 0.3 is 0 Å². The molecule has 2 aromatic rings. The topological polar surface area (TPSA) is 53.8 Å². The number of furan rings is 1. The van der Waals surface area contributed by atoms with Crippen LogP contribution in [0.15, 0.2) is 41.0 Å². The molecule has 1 aliphatic heterocycles. The summed E-state index contributed by atoms with van der Waals surface area (Å²) in [5.41, 5.74) is 0.951. The summed E-state index contributed by atoms with van der Waals surface area (Å²) in [5.74, 6) is 0.236. The second kappa shape index (κ2) is 8.59. The number of amides is 2. The molecule has 1 fully saturated rings. The minimum atomic E-state index is -0.170. The zero-order chi connectivity index (χ0) is 19.6. The maximum atomic E-state index is 12.6. The second-order valence-corrected chi connectivity index (χ2v) is 8.63. The van der Waals surface area contributed by atoms with Crippen molar-refractivity contribution < 1.29 is 14.0 Å². The average molecular weight is 427 g/mol. The molecule has 0 aliphatic carbocycles. The molecule has 1 aromatic carbocycles. The number of carbonyl (C=O) groups excluding carboxylic acids is 2. The van der Waals surface area contributed by atoms with Crippen LogP contribution in [0.3, 0.4) is 0 Å². The Balaban J connectivity index is 1.63. The van der Waals surface area contributed by atoms with Gasteiger partial charge in [-0.2, -0.15) is 0 Å². The number of halogens is 2. The first kappa shape index (κ1) is 20.1. The van der Waals surface area contributed by atoms with Crippen LogP contribution in [-0.4, -0.2) is 47.0 Å². The van der Waals surface area contributed by atoms with Crippen LogP contribution < -0.4 is 0 Å². The minimum Gasteiger partial charge on any atom is -0.459 e. The molecule has 2 atom stereocenters. The van der Waals surface area contributed by atoms with Crippen molar-refractivity contribution in [2.45, 2.75) is 24.0 Å². The lowest BCUT2D eigenvalue weighted by Crippen LogP contribution is -2.34. The van der Waals surface area contributed by atoms with E-state index < -0.39 is 0 Å². The lowest BCUT2D eigenvalue weighted by atomic mass is 10.2. The molecule has 2 heterocycles. The normalized spacial score (nSPS) is 19.6. The smallest absolute Gasteiger partial charge is 0.289 e. The molecule has 0 spiro atoms. The largest absolute Gasteiger partial charge is 0.459 e. The summed E-state index contributed by atoms with van der Waals surface area (Å²) in [6.45, 7) is 2.98. The summed E-state index contributed by atoms with van der Waals surface area (Å²) < 4.78 is 5.14. The standard InChI is InChI=1S/C19H20Cl2N2O3S/c1-12-17(24)23(19(27-12)13-6-7-14(20)15(21)11-13)9-4-8-22(2)18(25)16-5-3-10-26-16/h3,5-7,10-12,19H,4,8-9H2,1-2H3. The molecule has 2 amide bonds. The molecule has 0 bridgehead atoms. The van der Waals surface area contributed by atoms with E-state index in [0.717, 1.165) is 5.56 Å². The van der Waals surface area contributed by atoms with Crippen molar-refractivity contribution in [3.8, 4) is 0 Å². The van der Waals surface area contributed by atoms with Crippen molar-refractivity contribution in [3.05, 3.63) is 58.0 Å². The van der Waals surface area contributed by atoms with Gasteiger partial charge in [0.05, 0.1) is 21.6 Å². The SMILES string of the molecule is CC1SC(c2ccc(Cl)c(Cl)c2)N(CCCN(C)C(=O)c2ccco2)C1=O. The Kier molecular flexibility index (Phi) is 6.40. The van der Waals surface area contributed by atoms with Gasteiger partial charge in [-0.25, -0.2) is 0 Å². The Hall–Kier alpha value is -1.63. The highest BCUT2D eigenvalue weighted by atomic mass is 35.5. The van der Waals surface area contributed by atoms with E-state index in [0.29, 0.717) is 35.3 Å². The van der Waals surface area contributed by atoms with Crippen LogP contribution >= 0.6 is 35.0 Å². The van der Waals surface area contributed by atoms with Crippen LogP contribution in [0.25, 0.3) is 0 Å². The van der Waals surface area contributed by atoms with Gasteiger partial charge in [0.25, 0.3) is 5.91 Å². The highest BCUT2D eigenvalue weighted by Crippen LogP contribution is 2.44. The van der Waals surface area contributed by atoms with E-state index in [1.54, 1.807) is 41.9 Å². The first-order chi connectivity index (χ1) is 12.9. The van der Waals surface area contributed by atoms with Gasteiger partial charge < -0.3 is 14.2 Å². The van der Waals surface area contributed by atoms with Gasteiger partial charge in [-0.05, 0) is 43.2 Å². The highest BCUT2D eigenvalue weighted by Gasteiger charge is 2.38. The van der Waals surface area contributed by atoms with E-state index in [2.05, 4.69) is 0 Å². The van der Waals surface area contributed by atoms with E-state index in [9.17, 15) is 9.59 Å². The maximum Gasteiger partial charge on any atom is 0.289 e. The van der Waals surface area contributed by atoms with E-state index in [-0.39, 0.29) is 22.4 Å². The summed E-state index contributed by atoms with van der Waals surface area (Å²) in [6, 6.07) is 8.79. The van der Waals surface area contributed by atoms with Gasteiger partial charge in [0.2, 0.25) is 5.91 Å². The van der Waals surface area contributed by atoms with Crippen molar-refractivity contribution in [1.82, 2.24) is 9.80 Å². The van der Waals surface area contributed by atoms with E-state index in [1.807, 2.05) is 24.0 Å². The number of carbonyl (C=O) groups is 2. The Bertz CT molecular complexity index is 828. The van der Waals surface area contributed by atoms with Crippen LogP contribution in [0, 0.1) is 0 Å². The number of nitrogens with zero attached hydrogens (tertiary/aromatic N) is 2. The maximum absolute atomic E-state index is 12.6. The molecule has 0 N–H and O–H groups in total. The Labute approximate surface area is 172 Å². The quantitative estimate of drug-likeness (QED) is 0.670. The van der Waals surface area contributed by atoms with Crippen molar-refractivity contribution in [1.29, 1.82) is 0 Å². The van der Waals surface area contributed by atoms with Gasteiger partial charge in [-0.15, -0.1) is 11.8 Å². The molecule has 3 rings (SSSR count). The lowest BCUT2D eigenvalue weighted by Gasteiger charge is -2.25. The lowest BCUT2D eigenvalue weighted by molar-refractivity contribution is -0.129. The van der Waals surface area contributed by atoms with Crippen molar-refractivity contribution in [2.24, 2.45) is 0 Å². The molecule has 0 radical (unpaired) electrons. The number of rotatable bonds is 6. The molecule has 144 valence electrons. The molecule has 27 heavy (non-hydrogen) atoms. The molecule has 1 saturated heterocycles. The van der Waals surface area contributed by atoms with Crippen LogP contribution in [0.4, 0.5) is 0 Å². The summed E-state index contributed by atoms with van der Waals surface area (Å²) >= 11 is 13.7. The molecule has 5 nitrogen and oxygen atoms in total. The number of benzene rings is 1. The highest BCUT2D eigenvalue weighted by molar-refractivity contribution is 8.01. The third-order valence-electron chi connectivity index (χ3n) is 4.45. The number of hydrogen-bond donors (Lipinski definition) is 0. The fraction of sp³-hybridized carbons (Fsp3) is 0.368. The average Bonchev–Trinajstić information content (AvgIpc) is 3.27. The van der Waals surface area contributed by atoms with Crippen LogP contribution in [0.2, 0.25) is 10.0 Å². The van der Waals surface area contributed by atoms with Gasteiger partial charge in [0.15, 0.2) is 5.76 Å². The first-order valence-electron chi connectivity index (χ1n) is 8.58. The third kappa shape index (κ3) is 4.45. The van der Waals surface area contributed by atoms with Gasteiger partial charge in [0, 0.05) is 20.1 Å². The summed E-state index contributed by atoms with van der Waals surface area (Å²) in [6.07, 6.45) is 2.14. The Morgan fingerprint density at radius 1 is 1.30 bits per heavy atom. The number of thioether (sulfide) groups is 1. The van der Waals surface area contributed by atoms with Crippen LogP contribution in [0.5, 0.6) is 0 Å².